The Morgan fingerprint density at radius 2 is 2.09 bits per heavy atom. The number of ether oxygens (including phenoxy) is 3. The number of carbonyl (C=O) groups is 2. The van der Waals surface area contributed by atoms with Crippen LogP contribution in [0, 0.1) is 11.3 Å². The molecule has 2 heterocycles. The number of halogens is 1. The summed E-state index contributed by atoms with van der Waals surface area (Å²) in [6.07, 6.45) is 4.09. The second-order valence-electron chi connectivity index (χ2n) is 9.64. The van der Waals surface area contributed by atoms with Gasteiger partial charge in [0.2, 0.25) is 0 Å². The Morgan fingerprint density at radius 1 is 1.33 bits per heavy atom. The largest absolute Gasteiger partial charge is 0.503 e. The highest BCUT2D eigenvalue weighted by atomic mass is 35.5. The third-order valence-electron chi connectivity index (χ3n) is 6.51. The molecule has 1 fully saturated rings. The lowest BCUT2D eigenvalue weighted by Gasteiger charge is -2.41. The summed E-state index contributed by atoms with van der Waals surface area (Å²) >= 11 is 6.29. The van der Waals surface area contributed by atoms with Crippen molar-refractivity contribution >= 4 is 23.4 Å². The van der Waals surface area contributed by atoms with Gasteiger partial charge in [0, 0.05) is 30.3 Å². The molecule has 3 unspecified atom stereocenters. The van der Waals surface area contributed by atoms with Crippen molar-refractivity contribution in [3.8, 4) is 11.5 Å². The predicted octanol–water partition coefficient (Wildman–Crippen LogP) is 4.24. The van der Waals surface area contributed by atoms with Gasteiger partial charge >= 0.3 is 5.97 Å². The van der Waals surface area contributed by atoms with Gasteiger partial charge in [-0.2, -0.15) is 0 Å². The van der Waals surface area contributed by atoms with Gasteiger partial charge in [0.1, 0.15) is 12.4 Å². The van der Waals surface area contributed by atoms with Crippen molar-refractivity contribution in [2.75, 3.05) is 20.3 Å². The van der Waals surface area contributed by atoms with Gasteiger partial charge in [0.25, 0.3) is 0 Å². The molecule has 2 N–H and O–H groups in total. The second kappa shape index (κ2) is 9.03. The molecule has 8 heteroatoms. The quantitative estimate of drug-likeness (QED) is 0.615. The van der Waals surface area contributed by atoms with Gasteiger partial charge in [-0.25, -0.2) is 4.79 Å². The van der Waals surface area contributed by atoms with Crippen LogP contribution >= 0.6 is 11.6 Å². The van der Waals surface area contributed by atoms with Crippen LogP contribution in [0.15, 0.2) is 35.2 Å². The number of allylic oxidation sites excluding steroid dienone is 3. The Hall–Kier alpha value is -2.51. The van der Waals surface area contributed by atoms with E-state index in [1.54, 1.807) is 19.1 Å². The lowest BCUT2D eigenvalue weighted by atomic mass is 9.66. The van der Waals surface area contributed by atoms with E-state index in [1.165, 1.54) is 7.11 Å². The summed E-state index contributed by atoms with van der Waals surface area (Å²) < 4.78 is 16.5. The molecule has 0 bridgehead atoms. The van der Waals surface area contributed by atoms with Crippen molar-refractivity contribution in [1.29, 1.82) is 0 Å². The highest BCUT2D eigenvalue weighted by Crippen LogP contribution is 2.49. The maximum absolute atomic E-state index is 13.4. The summed E-state index contributed by atoms with van der Waals surface area (Å²) in [6, 6.07) is 3.21. The number of phenolic OH excluding ortho intramolecular Hbond substituents is 1. The van der Waals surface area contributed by atoms with Crippen molar-refractivity contribution in [1.82, 2.24) is 5.32 Å². The molecule has 0 radical (unpaired) electrons. The number of nitrogens with one attached hydrogen (secondary N) is 1. The first kappa shape index (κ1) is 23.6. The van der Waals surface area contributed by atoms with E-state index in [1.807, 2.05) is 13.8 Å². The Labute approximate surface area is 198 Å². The highest BCUT2D eigenvalue weighted by molar-refractivity contribution is 6.32. The number of fused-ring (bicyclic) bond motifs is 1. The molecule has 33 heavy (non-hydrogen) atoms. The first-order valence-corrected chi connectivity index (χ1v) is 11.6. The molecule has 0 spiro atoms. The van der Waals surface area contributed by atoms with E-state index in [2.05, 4.69) is 11.4 Å². The standard InChI is InChI=1S/C25H30ClNO6/c1-13-20(24(30)33-12-15-6-5-7-32-15)21(14-8-16(26)23(29)19(9-14)31-4)22-17(27-13)10-25(2,3)11-18(22)28/h8-10,15,21-22,27,29H,5-7,11-12H2,1-4H3. The highest BCUT2D eigenvalue weighted by Gasteiger charge is 2.46. The second-order valence-corrected chi connectivity index (χ2v) is 10.0. The molecule has 7 nitrogen and oxygen atoms in total. The lowest BCUT2D eigenvalue weighted by Crippen LogP contribution is -2.43. The predicted molar refractivity (Wildman–Crippen MR) is 123 cm³/mol. The smallest absolute Gasteiger partial charge is 0.336 e. The topological polar surface area (TPSA) is 94.1 Å². The molecule has 0 aromatic heterocycles. The van der Waals surface area contributed by atoms with Crippen molar-refractivity contribution in [2.24, 2.45) is 11.3 Å². The number of hydrogen-bond acceptors (Lipinski definition) is 7. The average molecular weight is 476 g/mol. The number of Topliss-reactive ketones (excluding diaryl/α,β-unsaturated/α-hetero) is 1. The van der Waals surface area contributed by atoms with Gasteiger partial charge in [-0.15, -0.1) is 0 Å². The summed E-state index contributed by atoms with van der Waals surface area (Å²) in [5.74, 6) is -1.72. The van der Waals surface area contributed by atoms with Gasteiger partial charge in [-0.1, -0.05) is 31.5 Å². The summed E-state index contributed by atoms with van der Waals surface area (Å²) in [5, 5.41) is 13.6. The summed E-state index contributed by atoms with van der Waals surface area (Å²) in [7, 11) is 1.43. The Morgan fingerprint density at radius 3 is 2.76 bits per heavy atom. The first-order valence-electron chi connectivity index (χ1n) is 11.2. The third-order valence-corrected chi connectivity index (χ3v) is 6.80. The van der Waals surface area contributed by atoms with E-state index in [0.29, 0.717) is 29.9 Å². The van der Waals surface area contributed by atoms with Crippen LogP contribution in [0.25, 0.3) is 0 Å². The number of phenols is 1. The zero-order valence-corrected chi connectivity index (χ0v) is 20.1. The molecule has 1 aromatic rings. The molecule has 0 saturated carbocycles. The van der Waals surface area contributed by atoms with Crippen LogP contribution in [0.3, 0.4) is 0 Å². The zero-order chi connectivity index (χ0) is 23.9. The minimum atomic E-state index is -0.634. The molecule has 178 valence electrons. The zero-order valence-electron chi connectivity index (χ0n) is 19.4. The molecule has 1 aliphatic carbocycles. The number of methoxy groups -OCH3 is 1. The fourth-order valence-electron chi connectivity index (χ4n) is 5.05. The molecular formula is C25H30ClNO6. The molecular weight excluding hydrogens is 446 g/mol. The molecule has 4 rings (SSSR count). The third kappa shape index (κ3) is 4.62. The van der Waals surface area contributed by atoms with E-state index >= 15 is 0 Å². The van der Waals surface area contributed by atoms with Gasteiger partial charge in [0.05, 0.1) is 29.7 Å². The number of carbonyl (C=O) groups excluding carboxylic acids is 2. The normalized spacial score (nSPS) is 26.4. The summed E-state index contributed by atoms with van der Waals surface area (Å²) in [4.78, 5) is 26.7. The molecule has 2 aliphatic heterocycles. The minimum Gasteiger partial charge on any atom is -0.503 e. The molecule has 3 aliphatic rings. The average Bonchev–Trinajstić information content (AvgIpc) is 3.25. The number of esters is 1. The van der Waals surface area contributed by atoms with Crippen LogP contribution in [-0.4, -0.2) is 43.3 Å². The van der Waals surface area contributed by atoms with Crippen molar-refractivity contribution in [3.63, 3.8) is 0 Å². The fourth-order valence-corrected chi connectivity index (χ4v) is 5.27. The Balaban J connectivity index is 1.80. The van der Waals surface area contributed by atoms with Gasteiger partial charge in [-0.05, 0) is 42.9 Å². The van der Waals surface area contributed by atoms with Crippen LogP contribution in [0.2, 0.25) is 5.02 Å². The van der Waals surface area contributed by atoms with Crippen molar-refractivity contribution in [2.45, 2.75) is 52.1 Å². The van der Waals surface area contributed by atoms with E-state index in [4.69, 9.17) is 25.8 Å². The maximum atomic E-state index is 13.4. The SMILES string of the molecule is COc1cc(C2C(C(=O)OCC3CCCO3)=C(C)NC3=CC(C)(C)CC(=O)C32)cc(Cl)c1O. The van der Waals surface area contributed by atoms with Crippen molar-refractivity contribution in [3.05, 3.63) is 45.8 Å². The fraction of sp³-hybridized carbons (Fsp3) is 0.520. The molecule has 0 amide bonds. The number of rotatable bonds is 5. The number of aromatic hydroxyl groups is 1. The van der Waals surface area contributed by atoms with Crippen LogP contribution in [0.5, 0.6) is 11.5 Å². The van der Waals surface area contributed by atoms with E-state index in [9.17, 15) is 14.7 Å². The van der Waals surface area contributed by atoms with Crippen LogP contribution in [-0.2, 0) is 19.1 Å². The number of ketones is 1. The van der Waals surface area contributed by atoms with Crippen molar-refractivity contribution < 1.29 is 28.9 Å². The minimum absolute atomic E-state index is 0.0232. The molecule has 1 saturated heterocycles. The molecule has 1 aromatic carbocycles. The maximum Gasteiger partial charge on any atom is 0.336 e. The number of benzene rings is 1. The van der Waals surface area contributed by atoms with Gasteiger partial charge < -0.3 is 24.6 Å². The van der Waals surface area contributed by atoms with Crippen LogP contribution < -0.4 is 10.1 Å². The van der Waals surface area contributed by atoms with Gasteiger partial charge in [0.15, 0.2) is 11.5 Å². The Kier molecular flexibility index (Phi) is 6.47. The summed E-state index contributed by atoms with van der Waals surface area (Å²) in [6.45, 7) is 6.65. The van der Waals surface area contributed by atoms with E-state index in [-0.39, 0.29) is 40.4 Å². The summed E-state index contributed by atoms with van der Waals surface area (Å²) in [5.41, 5.74) is 2.05. The van der Waals surface area contributed by atoms with Crippen LogP contribution in [0.1, 0.15) is 51.5 Å². The lowest BCUT2D eigenvalue weighted by molar-refractivity contribution is -0.143. The first-order chi connectivity index (χ1) is 15.6. The van der Waals surface area contributed by atoms with Crippen LogP contribution in [0.4, 0.5) is 0 Å². The van der Waals surface area contributed by atoms with Gasteiger partial charge in [-0.3, -0.25) is 4.79 Å². The Bertz CT molecular complexity index is 1040. The molecule has 3 atom stereocenters. The number of hydrogen-bond donors (Lipinski definition) is 2. The van der Waals surface area contributed by atoms with E-state index < -0.39 is 17.8 Å². The van der Waals surface area contributed by atoms with E-state index in [0.717, 1.165) is 18.5 Å². The monoisotopic (exact) mass is 475 g/mol.